The van der Waals surface area contributed by atoms with Gasteiger partial charge >= 0.3 is 0 Å². The van der Waals surface area contributed by atoms with Crippen LogP contribution in [-0.2, 0) is 85.6 Å². The number of hydrogen-bond acceptors (Lipinski definition) is 38. The van der Waals surface area contributed by atoms with Crippen LogP contribution in [0.3, 0.4) is 0 Å². The Morgan fingerprint density at radius 2 is 0.676 bits per heavy atom. The fraction of sp³-hybridized carbons (Fsp3) is 0.906. The second-order valence-corrected chi connectivity index (χ2v) is 27.1. The van der Waals surface area contributed by atoms with Crippen molar-refractivity contribution >= 4 is 35.4 Å². The molecule has 6 heterocycles. The third-order valence-electron chi connectivity index (χ3n) is 18.7. The van der Waals surface area contributed by atoms with Crippen LogP contribution < -0.4 is 32.3 Å². The smallest absolute Gasteiger partial charge is 0.234 e. The van der Waals surface area contributed by atoms with Crippen LogP contribution in [0.15, 0.2) is 0 Å². The molecule has 6 fully saturated rings. The molecule has 0 aromatic heterocycles. The van der Waals surface area contributed by atoms with E-state index in [1.807, 2.05) is 0 Å². The van der Waals surface area contributed by atoms with Crippen LogP contribution in [0.5, 0.6) is 0 Å². The molecule has 44 nitrogen and oxygen atoms in total. The van der Waals surface area contributed by atoms with E-state index in [4.69, 9.17) is 62.6 Å². The Morgan fingerprint density at radius 1 is 0.333 bits per heavy atom. The maximum absolute atomic E-state index is 13.2. The SMILES string of the molecule is NC(=O)CCCCCNC(=O)CN(CC(=O)NCCCCCC(=O)NCCO[C@H]1O[C@H](CO[C@H]2O[C@H](CO)[C@@H](O)[C@H](O)[C@@H]2O)[C@@H](O)[C@H](O[C@H]2O[C@H](CO)[C@@H](O)[C@H](O)[C@@H]2O)[C@@H]1O)CC(=O)NCCCCCC(=O)NCCO[C@H]1O[C@H](CO[C@H]2O[C@H](CO)[C@@H](O)[C@H](O)[C@@H]2O)C[C@H](O[C@H]2O[C@H](CO)[C@@H](O)[C@H](O)[C@@H]2O)[C@@H]1O. The summed E-state index contributed by atoms with van der Waals surface area (Å²) in [5.41, 5.74) is 5.21. The molecule has 0 unspecified atom stereocenters. The molecule has 0 bridgehead atoms. The quantitative estimate of drug-likeness (QED) is 0.0252. The summed E-state index contributed by atoms with van der Waals surface area (Å²) in [6.07, 6.45) is -43.8. The van der Waals surface area contributed by atoms with Crippen LogP contribution in [0.25, 0.3) is 0 Å². The molecular formula is C64H113N7O37. The second kappa shape index (κ2) is 47.3. The van der Waals surface area contributed by atoms with E-state index in [9.17, 15) is 126 Å². The van der Waals surface area contributed by atoms with Crippen LogP contribution in [0.4, 0.5) is 0 Å². The van der Waals surface area contributed by atoms with E-state index in [1.165, 1.54) is 4.90 Å². The average Bonchev–Trinajstić information content (AvgIpc) is 0.794. The van der Waals surface area contributed by atoms with Crippen molar-refractivity contribution in [2.75, 3.05) is 105 Å². The summed E-state index contributed by atoms with van der Waals surface area (Å²) >= 11 is 0. The van der Waals surface area contributed by atoms with Gasteiger partial charge < -0.3 is 186 Å². The third kappa shape index (κ3) is 28.3. The Bertz CT molecular complexity index is 2660. The Labute approximate surface area is 620 Å². The fourth-order valence-corrected chi connectivity index (χ4v) is 12.4. The number of amides is 6. The van der Waals surface area contributed by atoms with Crippen molar-refractivity contribution in [1.29, 1.82) is 0 Å². The molecular weight excluding hydrogens is 1460 g/mol. The molecule has 0 radical (unpaired) electrons. The number of hydrogen-bond donors (Lipinski definition) is 25. The Balaban J connectivity index is 0.890. The lowest BCUT2D eigenvalue weighted by molar-refractivity contribution is -0.366. The van der Waals surface area contributed by atoms with Crippen molar-refractivity contribution in [3.63, 3.8) is 0 Å². The normalized spacial score (nSPS) is 36.6. The Morgan fingerprint density at radius 3 is 1.08 bits per heavy atom. The lowest BCUT2D eigenvalue weighted by atomic mass is 9.96. The molecule has 44 heteroatoms. The minimum atomic E-state index is -1.96. The van der Waals surface area contributed by atoms with Gasteiger partial charge in [-0.15, -0.1) is 0 Å². The molecule has 26 N–H and O–H groups in total. The third-order valence-corrected chi connectivity index (χ3v) is 18.7. The predicted octanol–water partition coefficient (Wildman–Crippen LogP) is -14.0. The molecule has 0 aromatic rings. The summed E-state index contributed by atoms with van der Waals surface area (Å²) < 4.78 is 67.5. The summed E-state index contributed by atoms with van der Waals surface area (Å²) in [6, 6.07) is 0. The van der Waals surface area contributed by atoms with Gasteiger partial charge in [-0.2, -0.15) is 0 Å². The van der Waals surface area contributed by atoms with E-state index in [0.29, 0.717) is 57.8 Å². The van der Waals surface area contributed by atoms with Crippen LogP contribution >= 0.6 is 0 Å². The number of ether oxygens (including phenoxy) is 12. The summed E-state index contributed by atoms with van der Waals surface area (Å²) in [5, 5.41) is 210. The summed E-state index contributed by atoms with van der Waals surface area (Å²) in [6.45, 7) is -5.47. The van der Waals surface area contributed by atoms with Gasteiger partial charge in [0.15, 0.2) is 37.7 Å². The first-order valence-corrected chi connectivity index (χ1v) is 36.2. The van der Waals surface area contributed by atoms with E-state index in [1.54, 1.807) is 0 Å². The van der Waals surface area contributed by atoms with E-state index >= 15 is 0 Å². The molecule has 29 atom stereocenters. The maximum atomic E-state index is 13.2. The number of nitrogens with two attached hydrogens (primary N) is 1. The second-order valence-electron chi connectivity index (χ2n) is 27.1. The Kier molecular flexibility index (Phi) is 40.5. The zero-order valence-corrected chi connectivity index (χ0v) is 59.6. The van der Waals surface area contributed by atoms with Crippen molar-refractivity contribution in [3.05, 3.63) is 0 Å². The van der Waals surface area contributed by atoms with E-state index < -0.39 is 247 Å². The van der Waals surface area contributed by atoms with Gasteiger partial charge in [-0.3, -0.25) is 33.7 Å². The van der Waals surface area contributed by atoms with Gasteiger partial charge in [0.1, 0.15) is 128 Å². The van der Waals surface area contributed by atoms with E-state index in [2.05, 4.69) is 26.6 Å². The van der Waals surface area contributed by atoms with Crippen LogP contribution in [0.1, 0.15) is 83.5 Å². The average molecular weight is 1570 g/mol. The number of carbonyl (C=O) groups is 6. The predicted molar refractivity (Wildman–Crippen MR) is 355 cm³/mol. The zero-order valence-electron chi connectivity index (χ0n) is 59.6. The topological polar surface area (TPSA) is 687 Å². The number of rotatable bonds is 46. The summed E-state index contributed by atoms with van der Waals surface area (Å²) in [7, 11) is 0. The number of carbonyl (C=O) groups excluding carboxylic acids is 6. The highest BCUT2D eigenvalue weighted by molar-refractivity contribution is 5.84. The van der Waals surface area contributed by atoms with Gasteiger partial charge in [0.2, 0.25) is 35.4 Å². The highest BCUT2D eigenvalue weighted by Crippen LogP contribution is 2.34. The molecule has 108 heavy (non-hydrogen) atoms. The minimum Gasteiger partial charge on any atom is -0.394 e. The first kappa shape index (κ1) is 92.4. The summed E-state index contributed by atoms with van der Waals surface area (Å²) in [4.78, 5) is 77.5. The number of aliphatic hydroxyl groups is 19. The molecule has 626 valence electrons. The molecule has 6 saturated heterocycles. The molecule has 0 spiro atoms. The van der Waals surface area contributed by atoms with Crippen LogP contribution in [0, 0.1) is 0 Å². The van der Waals surface area contributed by atoms with Crippen molar-refractivity contribution in [3.8, 4) is 0 Å². The number of nitrogens with zero attached hydrogens (tertiary/aromatic N) is 1. The number of nitrogens with one attached hydrogen (secondary N) is 5. The summed E-state index contributed by atoms with van der Waals surface area (Å²) in [5.74, 6) is -2.73. The lowest BCUT2D eigenvalue weighted by Gasteiger charge is -2.46. The molecule has 0 saturated carbocycles. The van der Waals surface area contributed by atoms with Crippen LogP contribution in [0.2, 0.25) is 0 Å². The van der Waals surface area contributed by atoms with Crippen molar-refractivity contribution < 1.29 is 183 Å². The van der Waals surface area contributed by atoms with Crippen molar-refractivity contribution in [1.82, 2.24) is 31.5 Å². The fourth-order valence-electron chi connectivity index (χ4n) is 12.4. The van der Waals surface area contributed by atoms with Gasteiger partial charge in [-0.25, -0.2) is 0 Å². The minimum absolute atomic E-state index is 0.0303. The van der Waals surface area contributed by atoms with Crippen molar-refractivity contribution in [2.45, 2.75) is 262 Å². The number of aliphatic hydroxyl groups excluding tert-OH is 19. The molecule has 6 aliphatic heterocycles. The highest BCUT2D eigenvalue weighted by atomic mass is 16.8. The lowest BCUT2D eigenvalue weighted by Crippen LogP contribution is -2.65. The number of primary amides is 1. The maximum Gasteiger partial charge on any atom is 0.234 e. The first-order chi connectivity index (χ1) is 51.5. The zero-order chi connectivity index (χ0) is 79.3. The Hall–Kier alpha value is -4.46. The highest BCUT2D eigenvalue weighted by Gasteiger charge is 2.54. The first-order valence-electron chi connectivity index (χ1n) is 36.2. The monoisotopic (exact) mass is 1570 g/mol. The van der Waals surface area contributed by atoms with Gasteiger partial charge in [0.25, 0.3) is 0 Å². The van der Waals surface area contributed by atoms with Crippen LogP contribution in [-0.4, -0.2) is 421 Å². The van der Waals surface area contributed by atoms with Gasteiger partial charge in [0.05, 0.1) is 84.7 Å². The van der Waals surface area contributed by atoms with Gasteiger partial charge in [-0.05, 0) is 38.5 Å². The van der Waals surface area contributed by atoms with Crippen molar-refractivity contribution in [2.24, 2.45) is 5.73 Å². The standard InChI is InChI=1S/C64H113N7O37/c65-37(76)10-4-1-7-13-66-40(79)21-71(22-41(80)67-14-8-2-5-11-38(77)69-16-18-97-59-48(87)31(102-63-55(94)51(90)45(84)34(26-74)105-63)20-30(101-59)28-99-60-53(92)49(88)43(82)32(24-72)103-60)23-42(81)68-15-9-3-6-12-39(78)70-17-19-98-62-57(96)58(108-64-56(95)52(91)46(85)35(27-75)106-64)47(86)36(107-62)29-100-61-54(93)50(89)44(83)33(25-73)104-61/h30-36,43-64,72-75,82-96H,1-29H2,(H2,65,76)(H,66,79)(H,67,80)(H,68,81)(H,69,77)(H,70,78)/t30-,31-,32+,33+,34+,35+,36+,43+,44+,45+,46+,47+,48-,49-,50-,51-,52-,53-,54-,55-,56-,57-,58-,59-,60-,61-,62-,63-,64+/m0/s1. The molecule has 0 aliphatic carbocycles. The number of unbranched alkanes of at least 4 members (excludes halogenated alkanes) is 6. The molecule has 6 amide bonds. The largest absolute Gasteiger partial charge is 0.394 e. The van der Waals surface area contributed by atoms with E-state index in [0.717, 1.165) is 0 Å². The van der Waals surface area contributed by atoms with E-state index in [-0.39, 0.29) is 97.2 Å². The molecule has 6 rings (SSSR count). The molecule has 6 aliphatic rings. The van der Waals surface area contributed by atoms with Gasteiger partial charge in [-0.1, -0.05) is 19.3 Å². The van der Waals surface area contributed by atoms with Gasteiger partial charge in [0, 0.05) is 58.4 Å². The molecule has 0 aromatic carbocycles.